The van der Waals surface area contributed by atoms with Crippen molar-refractivity contribution in [1.82, 2.24) is 9.80 Å². The van der Waals surface area contributed by atoms with Crippen molar-refractivity contribution in [3.63, 3.8) is 0 Å². The van der Waals surface area contributed by atoms with Crippen LogP contribution in [0.5, 0.6) is 0 Å². The first kappa shape index (κ1) is 14.1. The van der Waals surface area contributed by atoms with Crippen molar-refractivity contribution in [3.8, 4) is 0 Å². The average molecular weight is 270 g/mol. The number of urea groups is 1. The number of hydrogen-bond acceptors (Lipinski definition) is 3. The van der Waals surface area contributed by atoms with E-state index in [2.05, 4.69) is 13.8 Å². The van der Waals surface area contributed by atoms with Crippen LogP contribution in [-0.2, 0) is 9.53 Å². The van der Waals surface area contributed by atoms with Crippen LogP contribution in [0.2, 0.25) is 0 Å². The Kier molecular flexibility index (Phi) is 3.99. The van der Waals surface area contributed by atoms with E-state index >= 15 is 0 Å². The minimum Gasteiger partial charge on any atom is -0.480 e. The van der Waals surface area contributed by atoms with Crippen LogP contribution in [0.4, 0.5) is 4.79 Å². The Bertz CT molecular complexity index is 360. The van der Waals surface area contributed by atoms with E-state index in [0.717, 1.165) is 12.8 Å². The van der Waals surface area contributed by atoms with E-state index in [1.807, 2.05) is 0 Å². The Morgan fingerprint density at radius 3 is 2.42 bits per heavy atom. The highest BCUT2D eigenvalue weighted by molar-refractivity contribution is 5.83. The van der Waals surface area contributed by atoms with Gasteiger partial charge in [0, 0.05) is 19.6 Å². The van der Waals surface area contributed by atoms with Crippen LogP contribution in [0.25, 0.3) is 0 Å². The van der Waals surface area contributed by atoms with Crippen LogP contribution >= 0.6 is 0 Å². The third kappa shape index (κ3) is 3.18. The van der Waals surface area contributed by atoms with Crippen molar-refractivity contribution in [2.24, 2.45) is 5.41 Å². The molecule has 0 saturated carbocycles. The number of carboxylic acids is 1. The van der Waals surface area contributed by atoms with Gasteiger partial charge in [-0.15, -0.1) is 0 Å². The summed E-state index contributed by atoms with van der Waals surface area (Å²) in [5, 5.41) is 9.15. The third-order valence-electron chi connectivity index (χ3n) is 4.05. The number of carbonyl (C=O) groups excluding carboxylic acids is 1. The van der Waals surface area contributed by atoms with Gasteiger partial charge in [-0.1, -0.05) is 13.8 Å². The van der Waals surface area contributed by atoms with Gasteiger partial charge in [-0.05, 0) is 18.3 Å². The van der Waals surface area contributed by atoms with E-state index in [-0.39, 0.29) is 18.1 Å². The maximum Gasteiger partial charge on any atom is 0.328 e. The summed E-state index contributed by atoms with van der Waals surface area (Å²) in [6.07, 6.45) is 1.92. The van der Waals surface area contributed by atoms with E-state index < -0.39 is 12.0 Å². The highest BCUT2D eigenvalue weighted by Crippen LogP contribution is 2.30. The van der Waals surface area contributed by atoms with E-state index in [4.69, 9.17) is 9.84 Å². The zero-order chi connectivity index (χ0) is 14.0. The number of carbonyl (C=O) groups is 2. The maximum absolute atomic E-state index is 12.4. The van der Waals surface area contributed by atoms with E-state index in [1.54, 1.807) is 4.90 Å². The quantitative estimate of drug-likeness (QED) is 0.772. The molecule has 6 nitrogen and oxygen atoms in total. The zero-order valence-corrected chi connectivity index (χ0v) is 11.6. The van der Waals surface area contributed by atoms with Crippen LogP contribution in [0.3, 0.4) is 0 Å². The molecule has 2 saturated heterocycles. The molecule has 2 heterocycles. The SMILES string of the molecule is CC1(C)CCN(C(=O)N2CCOCC2C(=O)O)CC1. The molecule has 1 N–H and O–H groups in total. The van der Waals surface area contributed by atoms with Crippen molar-refractivity contribution in [2.45, 2.75) is 32.7 Å². The lowest BCUT2D eigenvalue weighted by Gasteiger charge is -2.41. The molecule has 2 amide bonds. The lowest BCUT2D eigenvalue weighted by Crippen LogP contribution is -2.57. The second kappa shape index (κ2) is 5.36. The zero-order valence-electron chi connectivity index (χ0n) is 11.6. The van der Waals surface area contributed by atoms with Crippen molar-refractivity contribution in [1.29, 1.82) is 0 Å². The minimum atomic E-state index is -0.995. The Hall–Kier alpha value is -1.30. The molecule has 1 unspecified atom stereocenters. The Morgan fingerprint density at radius 2 is 1.84 bits per heavy atom. The molecular formula is C13H22N2O4. The minimum absolute atomic E-state index is 0.0837. The number of ether oxygens (including phenoxy) is 1. The number of nitrogens with zero attached hydrogens (tertiary/aromatic N) is 2. The van der Waals surface area contributed by atoms with Gasteiger partial charge in [0.15, 0.2) is 6.04 Å². The smallest absolute Gasteiger partial charge is 0.328 e. The van der Waals surface area contributed by atoms with Crippen molar-refractivity contribution >= 4 is 12.0 Å². The summed E-state index contributed by atoms with van der Waals surface area (Å²) in [6.45, 7) is 6.66. The predicted octanol–water partition coefficient (Wildman–Crippen LogP) is 1.01. The van der Waals surface area contributed by atoms with Gasteiger partial charge < -0.3 is 19.6 Å². The van der Waals surface area contributed by atoms with Crippen LogP contribution in [0.1, 0.15) is 26.7 Å². The summed E-state index contributed by atoms with van der Waals surface area (Å²) < 4.78 is 5.15. The topological polar surface area (TPSA) is 70.1 Å². The molecule has 0 bridgehead atoms. The number of amides is 2. The van der Waals surface area contributed by atoms with Crippen molar-refractivity contribution < 1.29 is 19.4 Å². The van der Waals surface area contributed by atoms with Crippen LogP contribution in [0.15, 0.2) is 0 Å². The molecule has 19 heavy (non-hydrogen) atoms. The first-order valence-corrected chi connectivity index (χ1v) is 6.77. The molecule has 2 fully saturated rings. The summed E-state index contributed by atoms with van der Waals surface area (Å²) in [5.74, 6) is -0.995. The monoisotopic (exact) mass is 270 g/mol. The number of hydrogen-bond donors (Lipinski definition) is 1. The van der Waals surface area contributed by atoms with Gasteiger partial charge in [-0.2, -0.15) is 0 Å². The maximum atomic E-state index is 12.4. The average Bonchev–Trinajstić information content (AvgIpc) is 2.38. The molecular weight excluding hydrogens is 248 g/mol. The number of carboxylic acid groups (broad SMARTS) is 1. The molecule has 2 aliphatic rings. The highest BCUT2D eigenvalue weighted by atomic mass is 16.5. The Balaban J connectivity index is 2.00. The number of morpholine rings is 1. The van der Waals surface area contributed by atoms with Gasteiger partial charge in [-0.25, -0.2) is 9.59 Å². The summed E-state index contributed by atoms with van der Waals surface area (Å²) in [6, 6.07) is -1.01. The van der Waals surface area contributed by atoms with E-state index in [9.17, 15) is 9.59 Å². The molecule has 0 aromatic heterocycles. The van der Waals surface area contributed by atoms with E-state index in [0.29, 0.717) is 26.2 Å². The van der Waals surface area contributed by atoms with Gasteiger partial charge in [-0.3, -0.25) is 0 Å². The fourth-order valence-corrected chi connectivity index (χ4v) is 2.52. The number of rotatable bonds is 1. The van der Waals surface area contributed by atoms with Gasteiger partial charge >= 0.3 is 12.0 Å². The fraction of sp³-hybridized carbons (Fsp3) is 0.846. The summed E-state index contributed by atoms with van der Waals surface area (Å²) >= 11 is 0. The van der Waals surface area contributed by atoms with Crippen molar-refractivity contribution in [2.75, 3.05) is 32.8 Å². The normalized spacial score (nSPS) is 27.2. The first-order valence-electron chi connectivity index (χ1n) is 6.77. The number of likely N-dealkylation sites (tertiary alicyclic amines) is 1. The van der Waals surface area contributed by atoms with Gasteiger partial charge in [0.1, 0.15) is 0 Å². The van der Waals surface area contributed by atoms with Crippen LogP contribution < -0.4 is 0 Å². The molecule has 0 aromatic rings. The van der Waals surface area contributed by atoms with Gasteiger partial charge in [0.25, 0.3) is 0 Å². The molecule has 0 spiro atoms. The highest BCUT2D eigenvalue weighted by Gasteiger charge is 2.37. The summed E-state index contributed by atoms with van der Waals surface area (Å²) in [7, 11) is 0. The molecule has 0 radical (unpaired) electrons. The molecule has 1 atom stereocenters. The summed E-state index contributed by atoms with van der Waals surface area (Å²) in [5.41, 5.74) is 0.272. The predicted molar refractivity (Wildman–Crippen MR) is 68.9 cm³/mol. The number of aliphatic carboxylic acids is 1. The number of piperidine rings is 1. The standard InChI is InChI=1S/C13H22N2O4/c1-13(2)3-5-14(6-4-13)12(18)15-7-8-19-9-10(15)11(16)17/h10H,3-9H2,1-2H3,(H,16,17). The Morgan fingerprint density at radius 1 is 1.21 bits per heavy atom. The second-order valence-corrected chi connectivity index (χ2v) is 6.06. The largest absolute Gasteiger partial charge is 0.480 e. The summed E-state index contributed by atoms with van der Waals surface area (Å²) in [4.78, 5) is 26.8. The molecule has 2 rings (SSSR count). The molecule has 0 aromatic carbocycles. The van der Waals surface area contributed by atoms with Crippen LogP contribution in [-0.4, -0.2) is 65.8 Å². The third-order valence-corrected chi connectivity index (χ3v) is 4.05. The molecule has 108 valence electrons. The van der Waals surface area contributed by atoms with Crippen molar-refractivity contribution in [3.05, 3.63) is 0 Å². The Labute approximate surface area is 113 Å². The van der Waals surface area contributed by atoms with E-state index in [1.165, 1.54) is 4.90 Å². The second-order valence-electron chi connectivity index (χ2n) is 6.06. The van der Waals surface area contributed by atoms with Crippen LogP contribution in [0, 0.1) is 5.41 Å². The molecule has 2 aliphatic heterocycles. The fourth-order valence-electron chi connectivity index (χ4n) is 2.52. The first-order chi connectivity index (χ1) is 8.91. The lowest BCUT2D eigenvalue weighted by molar-refractivity contribution is -0.147. The molecule has 6 heteroatoms. The molecule has 0 aliphatic carbocycles. The lowest BCUT2D eigenvalue weighted by atomic mass is 9.83. The van der Waals surface area contributed by atoms with Gasteiger partial charge in [0.2, 0.25) is 0 Å². The van der Waals surface area contributed by atoms with Gasteiger partial charge in [0.05, 0.1) is 13.2 Å².